The van der Waals surface area contributed by atoms with Crippen molar-refractivity contribution in [3.05, 3.63) is 36.5 Å². The second-order valence-corrected chi connectivity index (χ2v) is 4.84. The Morgan fingerprint density at radius 2 is 2.20 bits per heavy atom. The van der Waals surface area contributed by atoms with Crippen molar-refractivity contribution in [2.24, 2.45) is 5.73 Å². The summed E-state index contributed by atoms with van der Waals surface area (Å²) in [4.78, 5) is 15.8. The number of fused-ring (bicyclic) bond motifs is 1. The Kier molecular flexibility index (Phi) is 4.20. The summed E-state index contributed by atoms with van der Waals surface area (Å²) in [5, 5.41) is 3.98. The van der Waals surface area contributed by atoms with E-state index in [0.717, 1.165) is 10.9 Å². The minimum atomic E-state index is -0.890. The average molecular weight is 273 g/mol. The van der Waals surface area contributed by atoms with Gasteiger partial charge in [-0.1, -0.05) is 13.0 Å². The van der Waals surface area contributed by atoms with Crippen LogP contribution in [0.4, 0.5) is 0 Å². The van der Waals surface area contributed by atoms with Crippen LogP contribution in [-0.2, 0) is 4.79 Å². The smallest absolute Gasteiger partial charge is 0.240 e. The lowest BCUT2D eigenvalue weighted by Crippen LogP contribution is -2.57. The number of nitrogens with two attached hydrogens (primary N) is 1. The molecule has 2 rings (SSSR count). The number of carbonyl (C=O) groups is 1. The van der Waals surface area contributed by atoms with E-state index in [9.17, 15) is 4.79 Å². The second kappa shape index (κ2) is 5.88. The molecule has 0 saturated heterocycles. The Bertz CT molecular complexity index is 610. The topological polar surface area (TPSA) is 77.2 Å². The molecule has 0 aliphatic carbocycles. The number of hydrogen-bond acceptors (Lipinski definition) is 4. The number of aromatic nitrogens is 1. The van der Waals surface area contributed by atoms with E-state index in [-0.39, 0.29) is 6.61 Å². The molecule has 0 aliphatic rings. The van der Waals surface area contributed by atoms with Gasteiger partial charge >= 0.3 is 0 Å². The number of benzene rings is 1. The van der Waals surface area contributed by atoms with E-state index in [1.165, 1.54) is 0 Å². The molecular weight excluding hydrogens is 254 g/mol. The zero-order valence-corrected chi connectivity index (χ0v) is 11.7. The minimum absolute atomic E-state index is 0.171. The summed E-state index contributed by atoms with van der Waals surface area (Å²) in [7, 11) is 0. The molecule has 1 unspecified atom stereocenters. The van der Waals surface area contributed by atoms with Gasteiger partial charge in [0, 0.05) is 11.6 Å². The van der Waals surface area contributed by atoms with Gasteiger partial charge in [-0.2, -0.15) is 0 Å². The summed E-state index contributed by atoms with van der Waals surface area (Å²) in [5.41, 5.74) is 5.41. The maximum Gasteiger partial charge on any atom is 0.240 e. The van der Waals surface area contributed by atoms with E-state index in [2.05, 4.69) is 10.3 Å². The molecule has 1 heterocycles. The molecule has 3 N–H and O–H groups in total. The predicted molar refractivity (Wildman–Crippen MR) is 78.5 cm³/mol. The Balaban J connectivity index is 2.22. The van der Waals surface area contributed by atoms with Gasteiger partial charge in [0.25, 0.3) is 0 Å². The van der Waals surface area contributed by atoms with E-state index >= 15 is 0 Å². The first-order valence-electron chi connectivity index (χ1n) is 6.58. The van der Waals surface area contributed by atoms with Crippen LogP contribution in [0, 0.1) is 0 Å². The molecular formula is C15H19N3O2. The van der Waals surface area contributed by atoms with Crippen molar-refractivity contribution in [3.63, 3.8) is 0 Å². The zero-order valence-electron chi connectivity index (χ0n) is 11.7. The van der Waals surface area contributed by atoms with E-state index in [1.807, 2.05) is 37.3 Å². The molecule has 0 radical (unpaired) electrons. The standard InChI is InChI=1S/C15H19N3O2/c1-3-18-15(2,14(16)19)10-20-13-8-4-7-12-11(13)6-5-9-17-12/h4-9,18H,3,10H2,1-2H3,(H2,16,19). The predicted octanol–water partition coefficient (Wildman–Crippen LogP) is 1.47. The Morgan fingerprint density at radius 1 is 1.40 bits per heavy atom. The second-order valence-electron chi connectivity index (χ2n) is 4.84. The van der Waals surface area contributed by atoms with Crippen molar-refractivity contribution >= 4 is 16.8 Å². The summed E-state index contributed by atoms with van der Waals surface area (Å²) in [6.07, 6.45) is 1.73. The number of primary amides is 1. The lowest BCUT2D eigenvalue weighted by Gasteiger charge is -2.27. The molecule has 1 aromatic heterocycles. The van der Waals surface area contributed by atoms with Crippen molar-refractivity contribution in [1.29, 1.82) is 0 Å². The summed E-state index contributed by atoms with van der Waals surface area (Å²) in [5.74, 6) is 0.263. The van der Waals surface area contributed by atoms with Gasteiger partial charge in [0.2, 0.25) is 5.91 Å². The molecule has 5 heteroatoms. The van der Waals surface area contributed by atoms with Gasteiger partial charge in [0.1, 0.15) is 17.9 Å². The maximum absolute atomic E-state index is 11.6. The highest BCUT2D eigenvalue weighted by Gasteiger charge is 2.31. The monoisotopic (exact) mass is 273 g/mol. The lowest BCUT2D eigenvalue weighted by molar-refractivity contribution is -0.124. The van der Waals surface area contributed by atoms with E-state index in [1.54, 1.807) is 13.1 Å². The first-order valence-corrected chi connectivity index (χ1v) is 6.58. The van der Waals surface area contributed by atoms with Crippen molar-refractivity contribution in [2.45, 2.75) is 19.4 Å². The highest BCUT2D eigenvalue weighted by molar-refractivity contribution is 5.86. The molecule has 5 nitrogen and oxygen atoms in total. The van der Waals surface area contributed by atoms with Gasteiger partial charge in [0.15, 0.2) is 0 Å². The molecule has 0 spiro atoms. The van der Waals surface area contributed by atoms with Crippen LogP contribution in [0.25, 0.3) is 10.9 Å². The first kappa shape index (κ1) is 14.3. The van der Waals surface area contributed by atoms with Gasteiger partial charge in [-0.25, -0.2) is 0 Å². The number of amides is 1. The van der Waals surface area contributed by atoms with E-state index < -0.39 is 11.4 Å². The number of nitrogens with zero attached hydrogens (tertiary/aromatic N) is 1. The molecule has 2 aromatic rings. The van der Waals surface area contributed by atoms with Crippen LogP contribution in [0.1, 0.15) is 13.8 Å². The maximum atomic E-state index is 11.6. The highest BCUT2D eigenvalue weighted by atomic mass is 16.5. The third kappa shape index (κ3) is 2.88. The van der Waals surface area contributed by atoms with Crippen molar-refractivity contribution < 1.29 is 9.53 Å². The Hall–Kier alpha value is -2.14. The number of hydrogen-bond donors (Lipinski definition) is 2. The summed E-state index contributed by atoms with van der Waals surface area (Å²) in [6, 6.07) is 9.44. The molecule has 1 amide bonds. The largest absolute Gasteiger partial charge is 0.490 e. The molecule has 0 aliphatic heterocycles. The van der Waals surface area contributed by atoms with Gasteiger partial charge in [-0.3, -0.25) is 9.78 Å². The lowest BCUT2D eigenvalue weighted by atomic mass is 10.0. The number of rotatable bonds is 6. The van der Waals surface area contributed by atoms with Gasteiger partial charge < -0.3 is 15.8 Å². The summed E-state index contributed by atoms with van der Waals surface area (Å²) >= 11 is 0. The van der Waals surface area contributed by atoms with Crippen LogP contribution >= 0.6 is 0 Å². The number of carbonyl (C=O) groups excluding carboxylic acids is 1. The summed E-state index contributed by atoms with van der Waals surface area (Å²) < 4.78 is 5.79. The van der Waals surface area contributed by atoms with Crippen LogP contribution in [-0.4, -0.2) is 29.6 Å². The quantitative estimate of drug-likeness (QED) is 0.835. The molecule has 20 heavy (non-hydrogen) atoms. The number of nitrogens with one attached hydrogen (secondary N) is 1. The third-order valence-electron chi connectivity index (χ3n) is 3.23. The van der Waals surface area contributed by atoms with Crippen LogP contribution in [0.2, 0.25) is 0 Å². The molecule has 106 valence electrons. The highest BCUT2D eigenvalue weighted by Crippen LogP contribution is 2.24. The first-order chi connectivity index (χ1) is 9.57. The summed E-state index contributed by atoms with van der Waals surface area (Å²) in [6.45, 7) is 4.47. The van der Waals surface area contributed by atoms with Crippen LogP contribution in [0.5, 0.6) is 5.75 Å². The van der Waals surface area contributed by atoms with Crippen molar-refractivity contribution in [1.82, 2.24) is 10.3 Å². The fraction of sp³-hybridized carbons (Fsp3) is 0.333. The molecule has 0 saturated carbocycles. The third-order valence-corrected chi connectivity index (χ3v) is 3.23. The molecule has 0 bridgehead atoms. The Labute approximate surface area is 118 Å². The van der Waals surface area contributed by atoms with Crippen LogP contribution in [0.15, 0.2) is 36.5 Å². The fourth-order valence-electron chi connectivity index (χ4n) is 2.02. The van der Waals surface area contributed by atoms with Crippen molar-refractivity contribution in [2.75, 3.05) is 13.2 Å². The van der Waals surface area contributed by atoms with Gasteiger partial charge in [-0.15, -0.1) is 0 Å². The number of ether oxygens (including phenoxy) is 1. The van der Waals surface area contributed by atoms with Crippen LogP contribution < -0.4 is 15.8 Å². The van der Waals surface area contributed by atoms with E-state index in [4.69, 9.17) is 10.5 Å². The normalized spacial score (nSPS) is 13.9. The fourth-order valence-corrected chi connectivity index (χ4v) is 2.02. The Morgan fingerprint density at radius 3 is 2.90 bits per heavy atom. The van der Waals surface area contributed by atoms with E-state index in [0.29, 0.717) is 12.3 Å². The SMILES string of the molecule is CCNC(C)(COc1cccc2ncccc12)C(N)=O. The average Bonchev–Trinajstić information content (AvgIpc) is 2.45. The van der Waals surface area contributed by atoms with Crippen molar-refractivity contribution in [3.8, 4) is 5.75 Å². The minimum Gasteiger partial charge on any atom is -0.490 e. The molecule has 0 fully saturated rings. The number of pyridine rings is 1. The number of likely N-dealkylation sites (N-methyl/N-ethyl adjacent to an activating group) is 1. The van der Waals surface area contributed by atoms with Gasteiger partial charge in [-0.05, 0) is 37.7 Å². The molecule has 1 atom stereocenters. The van der Waals surface area contributed by atoms with Crippen LogP contribution in [0.3, 0.4) is 0 Å². The molecule has 1 aromatic carbocycles. The van der Waals surface area contributed by atoms with Gasteiger partial charge in [0.05, 0.1) is 5.52 Å². The zero-order chi connectivity index (χ0) is 14.6.